The van der Waals surface area contributed by atoms with Crippen molar-refractivity contribution in [2.75, 3.05) is 4.90 Å². The van der Waals surface area contributed by atoms with Gasteiger partial charge in [0, 0.05) is 17.9 Å². The number of nitrogens with zero attached hydrogens (tertiary/aromatic N) is 4. The van der Waals surface area contributed by atoms with Gasteiger partial charge < -0.3 is 9.15 Å². The summed E-state index contributed by atoms with van der Waals surface area (Å²) >= 11 is 1.25. The van der Waals surface area contributed by atoms with E-state index in [1.807, 2.05) is 32.0 Å². The molecule has 0 bridgehead atoms. The van der Waals surface area contributed by atoms with Gasteiger partial charge in [0.25, 0.3) is 0 Å². The maximum Gasteiger partial charge on any atom is 0.437 e. The first-order valence-corrected chi connectivity index (χ1v) is 11.4. The minimum absolute atomic E-state index is 0.0392. The fraction of sp³-hybridized carbons (Fsp3) is 0.208. The molecule has 0 aliphatic rings. The fourth-order valence-electron chi connectivity index (χ4n) is 3.29. The average molecular weight is 497 g/mol. The van der Waals surface area contributed by atoms with Crippen LogP contribution in [0.25, 0.3) is 11.5 Å². The number of aryl methyl sites for hydroxylation is 1. The molecular weight excluding hydrogens is 475 g/mol. The number of carbonyl (C=O) groups is 2. The highest BCUT2D eigenvalue weighted by Crippen LogP contribution is 2.32. The van der Waals surface area contributed by atoms with Crippen molar-refractivity contribution in [2.45, 2.75) is 33.9 Å². The summed E-state index contributed by atoms with van der Waals surface area (Å²) in [5.74, 6) is -2.24. The summed E-state index contributed by atoms with van der Waals surface area (Å²) in [5.41, 5.74) is 3.59. The van der Waals surface area contributed by atoms with Gasteiger partial charge in [-0.3, -0.25) is 14.5 Å². The Bertz CT molecular complexity index is 1440. The highest BCUT2D eigenvalue weighted by molar-refractivity contribution is 7.14. The molecule has 180 valence electrons. The van der Waals surface area contributed by atoms with Crippen molar-refractivity contribution in [2.24, 2.45) is 0 Å². The Morgan fingerprint density at radius 1 is 1.17 bits per heavy atom. The molecule has 0 atom stereocenters. The molecule has 35 heavy (non-hydrogen) atoms. The quantitative estimate of drug-likeness (QED) is 0.354. The second kappa shape index (κ2) is 10.0. The Hall–Kier alpha value is -4.12. The number of hydrogen-bond donors (Lipinski definition) is 0. The largest absolute Gasteiger partial charge is 0.458 e. The normalized spacial score (nSPS) is 10.9. The van der Waals surface area contributed by atoms with Gasteiger partial charge in [0.15, 0.2) is 5.13 Å². The third kappa shape index (κ3) is 5.35. The average Bonchev–Trinajstić information content (AvgIpc) is 3.42. The SMILES string of the molecule is CC(=O)N(c1nc(COC(=O)Cn2nc(-c3ccc(F)cc3)oc2=O)cs1)c1cccc(C)c1C. The fourth-order valence-corrected chi connectivity index (χ4v) is 4.15. The summed E-state index contributed by atoms with van der Waals surface area (Å²) < 4.78 is 24.2. The smallest absolute Gasteiger partial charge is 0.437 e. The maximum atomic E-state index is 13.1. The first kappa shape index (κ1) is 24.0. The summed E-state index contributed by atoms with van der Waals surface area (Å²) in [6.07, 6.45) is 0. The number of thiazole rings is 1. The van der Waals surface area contributed by atoms with Crippen LogP contribution in [0.5, 0.6) is 0 Å². The molecule has 0 N–H and O–H groups in total. The monoisotopic (exact) mass is 496 g/mol. The Morgan fingerprint density at radius 3 is 2.63 bits per heavy atom. The summed E-state index contributed by atoms with van der Waals surface area (Å²) in [6.45, 7) is 4.74. The maximum absolute atomic E-state index is 13.1. The van der Waals surface area contributed by atoms with Crippen molar-refractivity contribution in [3.05, 3.63) is 81.0 Å². The Kier molecular flexibility index (Phi) is 6.87. The second-order valence-corrected chi connectivity index (χ2v) is 8.53. The Morgan fingerprint density at radius 2 is 1.91 bits per heavy atom. The molecular formula is C24H21FN4O5S. The predicted octanol–water partition coefficient (Wildman–Crippen LogP) is 4.14. The standard InChI is InChI=1S/C24H21FN4O5S/c1-14-5-4-6-20(15(14)2)29(16(3)30)23-26-19(13-35-23)12-33-21(31)11-28-24(32)34-22(27-28)17-7-9-18(25)10-8-17/h4-10,13H,11-12H2,1-3H3. The first-order valence-electron chi connectivity index (χ1n) is 10.5. The van der Waals surface area contributed by atoms with Crippen molar-refractivity contribution in [3.63, 3.8) is 0 Å². The van der Waals surface area contributed by atoms with Gasteiger partial charge in [0.2, 0.25) is 11.8 Å². The van der Waals surface area contributed by atoms with Gasteiger partial charge in [0.1, 0.15) is 19.0 Å². The predicted molar refractivity (Wildman–Crippen MR) is 127 cm³/mol. The van der Waals surface area contributed by atoms with E-state index in [-0.39, 0.29) is 18.4 Å². The minimum atomic E-state index is -0.845. The van der Waals surface area contributed by atoms with E-state index in [0.29, 0.717) is 16.4 Å². The van der Waals surface area contributed by atoms with E-state index in [1.165, 1.54) is 47.4 Å². The number of carbonyl (C=O) groups excluding carboxylic acids is 2. The highest BCUT2D eigenvalue weighted by Gasteiger charge is 2.21. The number of ether oxygens (including phenoxy) is 1. The third-order valence-corrected chi connectivity index (χ3v) is 6.09. The minimum Gasteiger partial charge on any atom is -0.458 e. The van der Waals surface area contributed by atoms with Gasteiger partial charge in [-0.1, -0.05) is 12.1 Å². The number of hydrogen-bond acceptors (Lipinski definition) is 8. The molecule has 0 fully saturated rings. The van der Waals surface area contributed by atoms with Crippen molar-refractivity contribution in [3.8, 4) is 11.5 Å². The van der Waals surface area contributed by atoms with Crippen LogP contribution < -0.4 is 10.7 Å². The zero-order valence-electron chi connectivity index (χ0n) is 19.1. The van der Waals surface area contributed by atoms with E-state index in [1.54, 1.807) is 5.38 Å². The third-order valence-electron chi connectivity index (χ3n) is 5.22. The number of benzene rings is 2. The van der Waals surface area contributed by atoms with Crippen LogP contribution in [0.4, 0.5) is 15.2 Å². The number of halogens is 1. The summed E-state index contributed by atoms with van der Waals surface area (Å²) in [7, 11) is 0. The van der Waals surface area contributed by atoms with E-state index in [2.05, 4.69) is 10.1 Å². The molecule has 2 heterocycles. The van der Waals surface area contributed by atoms with Gasteiger partial charge in [0.05, 0.1) is 11.4 Å². The molecule has 4 aromatic rings. The van der Waals surface area contributed by atoms with Crippen molar-refractivity contribution in [1.82, 2.24) is 14.8 Å². The van der Waals surface area contributed by atoms with Crippen molar-refractivity contribution < 1.29 is 23.1 Å². The Labute approximate surface area is 203 Å². The number of esters is 1. The molecule has 0 aliphatic carbocycles. The molecule has 11 heteroatoms. The zero-order valence-corrected chi connectivity index (χ0v) is 20.0. The lowest BCUT2D eigenvalue weighted by Gasteiger charge is -2.21. The lowest BCUT2D eigenvalue weighted by atomic mass is 10.1. The number of rotatable bonds is 7. The lowest BCUT2D eigenvalue weighted by Crippen LogP contribution is -2.24. The number of aromatic nitrogens is 3. The van der Waals surface area contributed by atoms with Gasteiger partial charge in [-0.15, -0.1) is 16.4 Å². The van der Waals surface area contributed by atoms with Crippen LogP contribution in [0.15, 0.2) is 57.1 Å². The van der Waals surface area contributed by atoms with E-state index in [0.717, 1.165) is 21.5 Å². The van der Waals surface area contributed by atoms with E-state index in [9.17, 15) is 18.8 Å². The van der Waals surface area contributed by atoms with Crippen LogP contribution in [-0.2, 0) is 27.5 Å². The Balaban J connectivity index is 1.42. The van der Waals surface area contributed by atoms with Crippen LogP contribution in [0.2, 0.25) is 0 Å². The highest BCUT2D eigenvalue weighted by atomic mass is 32.1. The molecule has 0 unspecified atom stereocenters. The molecule has 0 saturated carbocycles. The zero-order chi connectivity index (χ0) is 25.1. The van der Waals surface area contributed by atoms with Gasteiger partial charge in [-0.25, -0.2) is 14.2 Å². The molecule has 1 amide bonds. The van der Waals surface area contributed by atoms with Crippen LogP contribution >= 0.6 is 11.3 Å². The van der Waals surface area contributed by atoms with Crippen LogP contribution in [0.1, 0.15) is 23.7 Å². The molecule has 0 spiro atoms. The molecule has 2 aromatic carbocycles. The summed E-state index contributed by atoms with van der Waals surface area (Å²) in [4.78, 5) is 42.6. The van der Waals surface area contributed by atoms with Crippen LogP contribution in [0.3, 0.4) is 0 Å². The van der Waals surface area contributed by atoms with E-state index in [4.69, 9.17) is 9.15 Å². The second-order valence-electron chi connectivity index (χ2n) is 7.69. The van der Waals surface area contributed by atoms with E-state index >= 15 is 0 Å². The summed E-state index contributed by atoms with van der Waals surface area (Å²) in [6, 6.07) is 10.9. The van der Waals surface area contributed by atoms with Gasteiger partial charge >= 0.3 is 11.7 Å². The molecule has 2 aromatic heterocycles. The van der Waals surface area contributed by atoms with Gasteiger partial charge in [-0.2, -0.15) is 4.68 Å². The molecule has 9 nitrogen and oxygen atoms in total. The number of anilines is 2. The van der Waals surface area contributed by atoms with E-state index < -0.39 is 24.1 Å². The lowest BCUT2D eigenvalue weighted by molar-refractivity contribution is -0.146. The molecule has 4 rings (SSSR count). The number of amides is 1. The van der Waals surface area contributed by atoms with Crippen molar-refractivity contribution in [1.29, 1.82) is 0 Å². The molecule has 0 aliphatic heterocycles. The topological polar surface area (TPSA) is 108 Å². The summed E-state index contributed by atoms with van der Waals surface area (Å²) in [5, 5.41) is 6.10. The first-order chi connectivity index (χ1) is 16.7. The van der Waals surface area contributed by atoms with Crippen LogP contribution in [0, 0.1) is 19.7 Å². The molecule has 0 radical (unpaired) electrons. The molecule has 0 saturated heterocycles. The van der Waals surface area contributed by atoms with Crippen molar-refractivity contribution >= 4 is 34.0 Å². The van der Waals surface area contributed by atoms with Crippen LogP contribution in [-0.4, -0.2) is 26.6 Å². The van der Waals surface area contributed by atoms with Gasteiger partial charge in [-0.05, 0) is 55.3 Å².